The Labute approximate surface area is 175 Å². The summed E-state index contributed by atoms with van der Waals surface area (Å²) in [5.41, 5.74) is -1.28. The molecule has 1 aliphatic rings. The number of nitrogens with zero attached hydrogens (tertiary/aromatic N) is 1. The molecule has 0 bridgehead atoms. The molecule has 5 atom stereocenters. The Balaban J connectivity index is 0.00000379. The Morgan fingerprint density at radius 1 is 1.34 bits per heavy atom. The molecule has 1 N–H and O–H groups in total. The van der Waals surface area contributed by atoms with Gasteiger partial charge in [-0.3, -0.25) is 4.79 Å². The lowest BCUT2D eigenvalue weighted by Gasteiger charge is -2.34. The number of nitriles is 1. The lowest BCUT2D eigenvalue weighted by atomic mass is 9.76. The van der Waals surface area contributed by atoms with Gasteiger partial charge in [-0.15, -0.1) is 0 Å². The van der Waals surface area contributed by atoms with Crippen molar-refractivity contribution in [3.05, 3.63) is 0 Å². The predicted molar refractivity (Wildman–Crippen MR) is 109 cm³/mol. The molecule has 1 rings (SSSR count). The molecule has 0 aromatic carbocycles. The van der Waals surface area contributed by atoms with Crippen molar-refractivity contribution < 1.29 is 28.9 Å². The van der Waals surface area contributed by atoms with Gasteiger partial charge in [-0.25, -0.2) is 4.79 Å². The Morgan fingerprint density at radius 3 is 2.41 bits per heavy atom. The minimum Gasteiger partial charge on any atom is -0.457 e. The van der Waals surface area contributed by atoms with E-state index >= 15 is 0 Å². The summed E-state index contributed by atoms with van der Waals surface area (Å²) in [5.74, 6) is -0.975. The Kier molecular flexibility index (Phi) is 11.4. The maximum atomic E-state index is 12.1. The van der Waals surface area contributed by atoms with Crippen LogP contribution in [0.25, 0.3) is 0 Å². The standard InChI is InChI=1S/C20H33NO6.C2H6/c1-7-19(4,5)18(24)25-10-16(23)27-14(3)17(26-12-22)15-8-13(2)9-20(15,6)11-21;1-2/h13-15,17,22H,7-10,12H2,1-6H3;1-2H3. The average Bonchev–Trinajstić information content (AvgIpc) is 2.99. The number of hydrogen-bond donors (Lipinski definition) is 1. The zero-order valence-electron chi connectivity index (χ0n) is 19.3. The lowest BCUT2D eigenvalue weighted by molar-refractivity contribution is -0.179. The molecule has 0 aromatic rings. The summed E-state index contributed by atoms with van der Waals surface area (Å²) >= 11 is 0. The smallest absolute Gasteiger partial charge is 0.344 e. The molecular weight excluding hydrogens is 374 g/mol. The monoisotopic (exact) mass is 413 g/mol. The van der Waals surface area contributed by atoms with Crippen LogP contribution in [0.5, 0.6) is 0 Å². The van der Waals surface area contributed by atoms with Gasteiger partial charge in [-0.1, -0.05) is 27.7 Å². The van der Waals surface area contributed by atoms with Gasteiger partial charge in [0.2, 0.25) is 0 Å². The highest BCUT2D eigenvalue weighted by Gasteiger charge is 2.49. The zero-order valence-corrected chi connectivity index (χ0v) is 19.3. The second-order valence-corrected chi connectivity index (χ2v) is 8.45. The second kappa shape index (κ2) is 12.1. The van der Waals surface area contributed by atoms with Crippen LogP contribution in [0.2, 0.25) is 0 Å². The molecule has 29 heavy (non-hydrogen) atoms. The molecule has 0 heterocycles. The van der Waals surface area contributed by atoms with Gasteiger partial charge >= 0.3 is 11.9 Å². The first-order valence-corrected chi connectivity index (χ1v) is 10.5. The van der Waals surface area contributed by atoms with Gasteiger partial charge in [0.15, 0.2) is 6.61 Å². The van der Waals surface area contributed by atoms with Crippen molar-refractivity contribution in [2.24, 2.45) is 22.7 Å². The molecule has 0 saturated heterocycles. The third-order valence-corrected chi connectivity index (χ3v) is 5.70. The molecule has 7 heteroatoms. The van der Waals surface area contributed by atoms with Gasteiger partial charge < -0.3 is 19.3 Å². The van der Waals surface area contributed by atoms with Crippen molar-refractivity contribution in [1.29, 1.82) is 5.26 Å². The molecule has 0 aliphatic heterocycles. The topological polar surface area (TPSA) is 106 Å². The van der Waals surface area contributed by atoms with E-state index in [9.17, 15) is 20.0 Å². The highest BCUT2D eigenvalue weighted by Crippen LogP contribution is 2.48. The Bertz CT molecular complexity index is 570. The number of rotatable bonds is 9. The van der Waals surface area contributed by atoms with Crippen LogP contribution < -0.4 is 0 Å². The van der Waals surface area contributed by atoms with Crippen molar-refractivity contribution >= 4 is 11.9 Å². The Morgan fingerprint density at radius 2 is 1.93 bits per heavy atom. The third kappa shape index (κ3) is 7.60. The first kappa shape index (κ1) is 27.4. The first-order valence-electron chi connectivity index (χ1n) is 10.5. The van der Waals surface area contributed by atoms with E-state index in [4.69, 9.17) is 14.2 Å². The summed E-state index contributed by atoms with van der Waals surface area (Å²) in [5, 5.41) is 18.9. The minimum atomic E-state index is -0.689. The molecule has 0 aromatic heterocycles. The second-order valence-electron chi connectivity index (χ2n) is 8.45. The van der Waals surface area contributed by atoms with E-state index < -0.39 is 48.4 Å². The van der Waals surface area contributed by atoms with Crippen molar-refractivity contribution in [3.8, 4) is 6.07 Å². The first-order chi connectivity index (χ1) is 13.5. The van der Waals surface area contributed by atoms with Gasteiger partial charge in [0.25, 0.3) is 0 Å². The number of carbonyl (C=O) groups is 2. The minimum absolute atomic E-state index is 0.172. The molecule has 7 nitrogen and oxygen atoms in total. The van der Waals surface area contributed by atoms with Crippen molar-refractivity contribution in [1.82, 2.24) is 0 Å². The predicted octanol–water partition coefficient (Wildman–Crippen LogP) is 3.83. The van der Waals surface area contributed by atoms with Crippen molar-refractivity contribution in [2.75, 3.05) is 13.4 Å². The number of ether oxygens (including phenoxy) is 3. The van der Waals surface area contributed by atoms with Gasteiger partial charge in [0.05, 0.1) is 16.9 Å². The summed E-state index contributed by atoms with van der Waals surface area (Å²) < 4.78 is 15.9. The largest absolute Gasteiger partial charge is 0.457 e. The Hall–Kier alpha value is -1.65. The van der Waals surface area contributed by atoms with E-state index in [0.717, 1.165) is 12.8 Å². The summed E-state index contributed by atoms with van der Waals surface area (Å²) in [6.45, 7) is 14.0. The van der Waals surface area contributed by atoms with Gasteiger partial charge in [0, 0.05) is 5.92 Å². The lowest BCUT2D eigenvalue weighted by Crippen LogP contribution is -2.43. The molecule has 168 valence electrons. The van der Waals surface area contributed by atoms with Crippen molar-refractivity contribution in [3.63, 3.8) is 0 Å². The SMILES string of the molecule is CC.CCC(C)(C)C(=O)OCC(=O)OC(C)C(OCO)C1CC(C)CC1(C)C#N. The number of esters is 2. The highest BCUT2D eigenvalue weighted by molar-refractivity contribution is 5.79. The van der Waals surface area contributed by atoms with E-state index in [1.807, 2.05) is 27.7 Å². The summed E-state index contributed by atoms with van der Waals surface area (Å²) in [7, 11) is 0. The molecule has 5 unspecified atom stereocenters. The number of hydrogen-bond acceptors (Lipinski definition) is 7. The molecule has 0 spiro atoms. The fourth-order valence-corrected chi connectivity index (χ4v) is 3.71. The van der Waals surface area contributed by atoms with Crippen LogP contribution in [0, 0.1) is 34.0 Å². The molecule has 1 saturated carbocycles. The molecular formula is C22H39NO6. The van der Waals surface area contributed by atoms with E-state index in [1.54, 1.807) is 20.8 Å². The zero-order chi connectivity index (χ0) is 22.8. The molecule has 1 fully saturated rings. The van der Waals surface area contributed by atoms with E-state index in [-0.39, 0.29) is 5.92 Å². The van der Waals surface area contributed by atoms with Crippen LogP contribution in [0.1, 0.15) is 74.7 Å². The maximum Gasteiger partial charge on any atom is 0.344 e. The van der Waals surface area contributed by atoms with E-state index in [2.05, 4.69) is 13.0 Å². The normalized spacial score (nSPS) is 25.8. The van der Waals surface area contributed by atoms with Crippen LogP contribution in [0.3, 0.4) is 0 Å². The molecule has 0 amide bonds. The van der Waals surface area contributed by atoms with Crippen LogP contribution in [0.4, 0.5) is 0 Å². The third-order valence-electron chi connectivity index (χ3n) is 5.70. The number of aliphatic hydroxyl groups excluding tert-OH is 1. The maximum absolute atomic E-state index is 12.1. The number of aliphatic hydroxyl groups is 1. The molecule has 0 radical (unpaired) electrons. The van der Waals surface area contributed by atoms with E-state index in [0.29, 0.717) is 12.3 Å². The van der Waals surface area contributed by atoms with Crippen LogP contribution in [0.15, 0.2) is 0 Å². The van der Waals surface area contributed by atoms with Crippen LogP contribution >= 0.6 is 0 Å². The van der Waals surface area contributed by atoms with Crippen LogP contribution in [-0.4, -0.2) is 42.7 Å². The van der Waals surface area contributed by atoms with Crippen molar-refractivity contribution in [2.45, 2.75) is 86.9 Å². The summed E-state index contributed by atoms with van der Waals surface area (Å²) in [6.07, 6.45) is 0.762. The average molecular weight is 414 g/mol. The summed E-state index contributed by atoms with van der Waals surface area (Å²) in [4.78, 5) is 24.1. The molecule has 1 aliphatic carbocycles. The van der Waals surface area contributed by atoms with Gasteiger partial charge in [0.1, 0.15) is 19.0 Å². The fourth-order valence-electron chi connectivity index (χ4n) is 3.71. The highest BCUT2D eigenvalue weighted by atomic mass is 16.6. The van der Waals surface area contributed by atoms with Gasteiger partial charge in [-0.2, -0.15) is 5.26 Å². The van der Waals surface area contributed by atoms with Crippen LogP contribution in [-0.2, 0) is 23.8 Å². The van der Waals surface area contributed by atoms with Gasteiger partial charge in [-0.05, 0) is 52.9 Å². The fraction of sp³-hybridized carbons (Fsp3) is 0.864. The quantitative estimate of drug-likeness (QED) is 0.452. The summed E-state index contributed by atoms with van der Waals surface area (Å²) in [6, 6.07) is 2.36. The van der Waals surface area contributed by atoms with E-state index in [1.165, 1.54) is 0 Å². The number of carbonyl (C=O) groups excluding carboxylic acids is 2.